The fraction of sp³-hybridized carbons (Fsp3) is 0.812. The Hall–Kier alpha value is -1.79. The van der Waals surface area contributed by atoms with Gasteiger partial charge in [-0.15, -0.1) is 0 Å². The second-order valence-electron chi connectivity index (χ2n) is 7.57. The van der Waals surface area contributed by atoms with E-state index >= 15 is 0 Å². The maximum Gasteiger partial charge on any atom is 0.410 e. The molecule has 7 heteroatoms. The number of amides is 2. The molecule has 132 valence electrons. The molecule has 0 aromatic heterocycles. The van der Waals surface area contributed by atoms with Crippen LogP contribution in [0.3, 0.4) is 0 Å². The van der Waals surface area contributed by atoms with E-state index in [0.717, 1.165) is 0 Å². The highest BCUT2D eigenvalue weighted by atomic mass is 16.6. The van der Waals surface area contributed by atoms with Crippen molar-refractivity contribution in [2.75, 3.05) is 26.2 Å². The number of nitrogens with zero attached hydrogens (tertiary/aromatic N) is 2. The van der Waals surface area contributed by atoms with E-state index in [2.05, 4.69) is 0 Å². The first-order valence-electron chi connectivity index (χ1n) is 7.91. The van der Waals surface area contributed by atoms with Gasteiger partial charge in [0.2, 0.25) is 5.91 Å². The van der Waals surface area contributed by atoms with E-state index in [4.69, 9.17) is 9.84 Å². The molecule has 0 atom stereocenters. The number of hydrogen-bond acceptors (Lipinski definition) is 4. The number of rotatable bonds is 3. The first-order chi connectivity index (χ1) is 10.4. The van der Waals surface area contributed by atoms with E-state index in [9.17, 15) is 14.4 Å². The number of aliphatic carboxylic acids is 1. The maximum atomic E-state index is 12.3. The van der Waals surface area contributed by atoms with Crippen LogP contribution in [0.1, 0.15) is 47.5 Å². The summed E-state index contributed by atoms with van der Waals surface area (Å²) < 4.78 is 5.35. The third kappa shape index (κ3) is 6.08. The highest BCUT2D eigenvalue weighted by Crippen LogP contribution is 2.22. The van der Waals surface area contributed by atoms with Crippen LogP contribution in [0, 0.1) is 5.41 Å². The summed E-state index contributed by atoms with van der Waals surface area (Å²) in [5, 5.41) is 9.13. The summed E-state index contributed by atoms with van der Waals surface area (Å²) in [6, 6.07) is 0. The van der Waals surface area contributed by atoms with Gasteiger partial charge in [-0.1, -0.05) is 0 Å². The first-order valence-corrected chi connectivity index (χ1v) is 7.91. The molecular formula is C16H28N2O5. The molecule has 0 spiro atoms. The lowest BCUT2D eigenvalue weighted by atomic mass is 9.89. The zero-order valence-corrected chi connectivity index (χ0v) is 14.7. The third-order valence-corrected chi connectivity index (χ3v) is 3.67. The minimum Gasteiger partial charge on any atom is -0.481 e. The van der Waals surface area contributed by atoms with E-state index in [1.54, 1.807) is 9.80 Å². The normalized spacial score (nSPS) is 16.7. The predicted molar refractivity (Wildman–Crippen MR) is 85.0 cm³/mol. The molecular weight excluding hydrogens is 300 g/mol. The van der Waals surface area contributed by atoms with Gasteiger partial charge in [0, 0.05) is 32.6 Å². The summed E-state index contributed by atoms with van der Waals surface area (Å²) >= 11 is 0. The Balaban J connectivity index is 2.60. The van der Waals surface area contributed by atoms with Gasteiger partial charge in [-0.05, 0) is 41.0 Å². The van der Waals surface area contributed by atoms with Crippen molar-refractivity contribution >= 4 is 18.0 Å². The highest BCUT2D eigenvalue weighted by Gasteiger charge is 2.33. The fourth-order valence-corrected chi connectivity index (χ4v) is 2.24. The topological polar surface area (TPSA) is 87.2 Å². The van der Waals surface area contributed by atoms with Crippen molar-refractivity contribution in [3.8, 4) is 0 Å². The van der Waals surface area contributed by atoms with Gasteiger partial charge in [-0.3, -0.25) is 9.59 Å². The van der Waals surface area contributed by atoms with Crippen LogP contribution in [0.2, 0.25) is 0 Å². The smallest absolute Gasteiger partial charge is 0.410 e. The average molecular weight is 328 g/mol. The Morgan fingerprint density at radius 2 is 1.48 bits per heavy atom. The van der Waals surface area contributed by atoms with E-state index in [-0.39, 0.29) is 18.4 Å². The third-order valence-electron chi connectivity index (χ3n) is 3.67. The SMILES string of the molecule is CC(C)(C)OC(=O)N1CCCN(C(=O)CC(C)(C)C(=O)O)CC1. The average Bonchev–Trinajstić information content (AvgIpc) is 2.61. The molecule has 1 saturated heterocycles. The van der Waals surface area contributed by atoms with Crippen LogP contribution < -0.4 is 0 Å². The van der Waals surface area contributed by atoms with Crippen LogP contribution in [0.25, 0.3) is 0 Å². The molecule has 0 saturated carbocycles. The van der Waals surface area contributed by atoms with E-state index in [0.29, 0.717) is 32.6 Å². The van der Waals surface area contributed by atoms with Crippen LogP contribution in [0.4, 0.5) is 4.79 Å². The van der Waals surface area contributed by atoms with Gasteiger partial charge < -0.3 is 19.6 Å². The van der Waals surface area contributed by atoms with E-state index < -0.39 is 17.0 Å². The summed E-state index contributed by atoms with van der Waals surface area (Å²) in [5.41, 5.74) is -1.64. The molecule has 1 heterocycles. The molecule has 1 aliphatic heterocycles. The number of ether oxygens (including phenoxy) is 1. The van der Waals surface area contributed by atoms with Gasteiger partial charge in [-0.2, -0.15) is 0 Å². The summed E-state index contributed by atoms with van der Waals surface area (Å²) in [6.07, 6.45) is 0.227. The first kappa shape index (κ1) is 19.3. The lowest BCUT2D eigenvalue weighted by Gasteiger charge is -2.27. The molecule has 23 heavy (non-hydrogen) atoms. The van der Waals surface area contributed by atoms with Crippen molar-refractivity contribution in [2.24, 2.45) is 5.41 Å². The van der Waals surface area contributed by atoms with Gasteiger partial charge in [0.25, 0.3) is 0 Å². The monoisotopic (exact) mass is 328 g/mol. The molecule has 1 aliphatic rings. The molecule has 2 amide bonds. The largest absolute Gasteiger partial charge is 0.481 e. The molecule has 0 bridgehead atoms. The fourth-order valence-electron chi connectivity index (χ4n) is 2.24. The van der Waals surface area contributed by atoms with Gasteiger partial charge >= 0.3 is 12.1 Å². The Kier molecular flexibility index (Phi) is 6.02. The van der Waals surface area contributed by atoms with Gasteiger partial charge in [-0.25, -0.2) is 4.79 Å². The molecule has 0 unspecified atom stereocenters. The van der Waals surface area contributed by atoms with Gasteiger partial charge in [0.1, 0.15) is 5.60 Å². The highest BCUT2D eigenvalue weighted by molar-refractivity contribution is 5.84. The van der Waals surface area contributed by atoms with Crippen LogP contribution in [0.15, 0.2) is 0 Å². The Morgan fingerprint density at radius 1 is 0.957 bits per heavy atom. The second kappa shape index (κ2) is 7.19. The van der Waals surface area contributed by atoms with Crippen molar-refractivity contribution in [2.45, 2.75) is 53.1 Å². The van der Waals surface area contributed by atoms with Crippen molar-refractivity contribution in [3.05, 3.63) is 0 Å². The number of carbonyl (C=O) groups is 3. The van der Waals surface area contributed by atoms with E-state index in [1.165, 1.54) is 13.8 Å². The van der Waals surface area contributed by atoms with Crippen molar-refractivity contribution in [3.63, 3.8) is 0 Å². The van der Waals surface area contributed by atoms with Crippen molar-refractivity contribution < 1.29 is 24.2 Å². The summed E-state index contributed by atoms with van der Waals surface area (Å²) in [4.78, 5) is 38.8. The molecule has 0 aromatic carbocycles. The molecule has 1 N–H and O–H groups in total. The van der Waals surface area contributed by atoms with Crippen LogP contribution in [0.5, 0.6) is 0 Å². The Morgan fingerprint density at radius 3 is 2.00 bits per heavy atom. The lowest BCUT2D eigenvalue weighted by Crippen LogP contribution is -2.41. The summed E-state index contributed by atoms with van der Waals surface area (Å²) in [6.45, 7) is 10.4. The standard InChI is InChI=1S/C16H28N2O5/c1-15(2,3)23-14(22)18-8-6-7-17(9-10-18)12(19)11-16(4,5)13(20)21/h6-11H2,1-5H3,(H,20,21). The van der Waals surface area contributed by atoms with Crippen molar-refractivity contribution in [1.29, 1.82) is 0 Å². The molecule has 0 aromatic rings. The zero-order valence-electron chi connectivity index (χ0n) is 14.7. The number of carboxylic acids is 1. The lowest BCUT2D eigenvalue weighted by molar-refractivity contribution is -0.151. The summed E-state index contributed by atoms with van der Waals surface area (Å²) in [7, 11) is 0. The second-order valence-corrected chi connectivity index (χ2v) is 7.57. The predicted octanol–water partition coefficient (Wildman–Crippen LogP) is 1.96. The molecule has 7 nitrogen and oxygen atoms in total. The quantitative estimate of drug-likeness (QED) is 0.855. The maximum absolute atomic E-state index is 12.3. The zero-order chi connectivity index (χ0) is 17.8. The molecule has 0 aliphatic carbocycles. The van der Waals surface area contributed by atoms with Crippen LogP contribution in [-0.4, -0.2) is 64.7 Å². The molecule has 1 fully saturated rings. The minimum absolute atomic E-state index is 0.0469. The van der Waals surface area contributed by atoms with Gasteiger partial charge in [0.05, 0.1) is 5.41 Å². The number of carboxylic acid groups (broad SMARTS) is 1. The minimum atomic E-state index is -1.09. The van der Waals surface area contributed by atoms with Gasteiger partial charge in [0.15, 0.2) is 0 Å². The van der Waals surface area contributed by atoms with Crippen molar-refractivity contribution in [1.82, 2.24) is 9.80 Å². The van der Waals surface area contributed by atoms with Crippen LogP contribution >= 0.6 is 0 Å². The number of carbonyl (C=O) groups excluding carboxylic acids is 2. The summed E-state index contributed by atoms with van der Waals surface area (Å²) in [5.74, 6) is -1.18. The molecule has 1 rings (SSSR count). The van der Waals surface area contributed by atoms with Crippen LogP contribution in [-0.2, 0) is 14.3 Å². The molecule has 0 radical (unpaired) electrons. The Labute approximate surface area is 137 Å². The Bertz CT molecular complexity index is 468. The van der Waals surface area contributed by atoms with E-state index in [1.807, 2.05) is 20.8 Å². The number of hydrogen-bond donors (Lipinski definition) is 1.